The predicted molar refractivity (Wildman–Crippen MR) is 166 cm³/mol. The Balaban J connectivity index is 3.99. The Bertz CT molecular complexity index is 836. The highest BCUT2D eigenvalue weighted by Crippen LogP contribution is 2.68. The van der Waals surface area contributed by atoms with Gasteiger partial charge < -0.3 is 0 Å². The van der Waals surface area contributed by atoms with Crippen molar-refractivity contribution >= 4 is 209 Å². The third-order valence-corrected chi connectivity index (χ3v) is 15.5. The smallest absolute Gasteiger partial charge is 0.0943 e. The average molecular weight is 852 g/mol. The first kappa shape index (κ1) is 37.5. The highest BCUT2D eigenvalue weighted by Gasteiger charge is 2.71. The van der Waals surface area contributed by atoms with Crippen molar-refractivity contribution in [3.05, 3.63) is 34.9 Å². The molecule has 0 aromatic heterocycles. The number of alkyl halides is 18. The minimum absolute atomic E-state index is 0.00328. The quantitative estimate of drug-likeness (QED) is 0.229. The van der Waals surface area contributed by atoms with Gasteiger partial charge in [0.15, 0.2) is 17.3 Å². The molecule has 0 amide bonds. The van der Waals surface area contributed by atoms with Crippen molar-refractivity contribution in [1.29, 1.82) is 0 Å². The molecule has 0 fully saturated rings. The van der Waals surface area contributed by atoms with Gasteiger partial charge >= 0.3 is 0 Å². The molecule has 0 radical (unpaired) electrons. The average Bonchev–Trinajstić information content (AvgIpc) is 2.65. The van der Waals surface area contributed by atoms with Crippen LogP contribution in [0.15, 0.2) is 18.2 Å². The van der Waals surface area contributed by atoms with E-state index in [0.29, 0.717) is 6.42 Å². The van der Waals surface area contributed by atoms with Gasteiger partial charge in [-0.1, -0.05) is 240 Å². The van der Waals surface area contributed by atoms with Gasteiger partial charge in [-0.3, -0.25) is 0 Å². The van der Waals surface area contributed by atoms with Gasteiger partial charge in [-0.15, -0.1) is 0 Å². The van der Waals surface area contributed by atoms with E-state index in [-0.39, 0.29) is 23.1 Å². The van der Waals surface area contributed by atoms with Crippen molar-refractivity contribution in [3.8, 4) is 0 Å². The van der Waals surface area contributed by atoms with Crippen LogP contribution in [0.5, 0.6) is 0 Å². The minimum atomic E-state index is -2.57. The number of halogens is 18. The lowest BCUT2D eigenvalue weighted by atomic mass is 9.89. The van der Waals surface area contributed by atoms with Crippen LogP contribution in [0, 0.1) is 0 Å². The number of hydrogen-bond acceptors (Lipinski definition) is 0. The molecule has 1 aromatic rings. The van der Waals surface area contributed by atoms with E-state index in [1.807, 2.05) is 6.92 Å². The van der Waals surface area contributed by atoms with Crippen LogP contribution in [0.25, 0.3) is 0 Å². The molecule has 0 saturated heterocycles. The zero-order valence-corrected chi connectivity index (χ0v) is 30.1. The van der Waals surface area contributed by atoms with Crippen LogP contribution in [-0.2, 0) is 15.1 Å². The summed E-state index contributed by atoms with van der Waals surface area (Å²) in [6.45, 7) is 1.81. The monoisotopic (exact) mass is 844 g/mol. The van der Waals surface area contributed by atoms with E-state index in [0.717, 1.165) is 0 Å². The molecule has 204 valence electrons. The summed E-state index contributed by atoms with van der Waals surface area (Å²) in [5.41, 5.74) is 0.246. The molecule has 0 saturated carbocycles. The molecule has 0 unspecified atom stereocenters. The zero-order valence-electron chi connectivity index (χ0n) is 16.4. The Morgan fingerprint density at radius 2 is 0.771 bits per heavy atom. The minimum Gasteiger partial charge on any atom is -0.0943 e. The molecule has 1 rings (SSSR count). The van der Waals surface area contributed by atoms with Gasteiger partial charge in [0, 0.05) is 0 Å². The Hall–Kier alpha value is 4.44. The molecular weight excluding hydrogens is 842 g/mol. The van der Waals surface area contributed by atoms with E-state index >= 15 is 0 Å². The van der Waals surface area contributed by atoms with Crippen LogP contribution in [-0.4, -0.2) is 24.9 Å². The summed E-state index contributed by atoms with van der Waals surface area (Å²) in [7, 11) is 0. The van der Waals surface area contributed by atoms with Crippen LogP contribution in [0.1, 0.15) is 30.0 Å². The summed E-state index contributed by atoms with van der Waals surface area (Å²) in [6.07, 6.45) is 0.667. The number of rotatable bonds is 8. The van der Waals surface area contributed by atoms with Crippen LogP contribution in [0.3, 0.4) is 0 Å². The van der Waals surface area contributed by atoms with Crippen LogP contribution in [0.2, 0.25) is 0 Å². The molecule has 0 atom stereocenters. The Kier molecular flexibility index (Phi) is 13.1. The van der Waals surface area contributed by atoms with Crippen LogP contribution in [0.4, 0.5) is 0 Å². The topological polar surface area (TPSA) is 0 Å². The van der Waals surface area contributed by atoms with E-state index in [4.69, 9.17) is 209 Å². The summed E-state index contributed by atoms with van der Waals surface area (Å²) < 4.78 is -19.9. The molecule has 35 heavy (non-hydrogen) atoms. The van der Waals surface area contributed by atoms with Gasteiger partial charge in [-0.05, 0) is 23.1 Å². The second kappa shape index (κ2) is 12.2. The molecule has 0 aliphatic heterocycles. The number of hydrogen-bond donors (Lipinski definition) is 0. The molecule has 1 aromatic carbocycles. The van der Waals surface area contributed by atoms with Crippen molar-refractivity contribution in [3.63, 3.8) is 0 Å². The molecule has 0 aliphatic rings. The third-order valence-electron chi connectivity index (χ3n) is 4.64. The van der Waals surface area contributed by atoms with E-state index < -0.39 is 33.6 Å². The summed E-state index contributed by atoms with van der Waals surface area (Å²) >= 11 is 113. The first-order valence-electron chi connectivity index (χ1n) is 8.71. The first-order valence-corrected chi connectivity index (χ1v) is 15.5. The Morgan fingerprint density at radius 1 is 0.486 bits per heavy atom. The molecular formula is C17H10Cl18. The molecule has 0 N–H and O–H groups in total. The van der Waals surface area contributed by atoms with Gasteiger partial charge in [0.2, 0.25) is 16.3 Å². The standard InChI is InChI=1S/C17H10Cl18/c1-2-4-7-8(10(18,19)12(22,23)14(26,27)16(30,31)32)5-3-6-9(7)11(20,21)13(24,25)15(28,29)17(33,34)35/h3,5-6H,2,4H2,1H3. The van der Waals surface area contributed by atoms with Crippen molar-refractivity contribution in [1.82, 2.24) is 0 Å². The second-order valence-corrected chi connectivity index (χ2v) is 19.6. The maximum Gasteiger partial charge on any atom is 0.226 e. The SMILES string of the molecule is CCCc1c(C(Cl)(Cl)C(Cl)(Cl)C(Cl)(Cl)C(Cl)(Cl)Cl)cccc1C(Cl)(Cl)C(Cl)(Cl)C(Cl)(Cl)C(Cl)(Cl)Cl. The summed E-state index contributed by atoms with van der Waals surface area (Å²) in [5, 5.41) is 0. The molecule has 0 bridgehead atoms. The lowest BCUT2D eigenvalue weighted by Gasteiger charge is -2.46. The molecule has 18 heteroatoms. The molecule has 0 nitrogen and oxygen atoms in total. The van der Waals surface area contributed by atoms with Gasteiger partial charge in [-0.25, -0.2) is 0 Å². The summed E-state index contributed by atoms with van der Waals surface area (Å²) in [5.74, 6) is 0. The molecule has 0 heterocycles. The van der Waals surface area contributed by atoms with Gasteiger partial charge in [0.25, 0.3) is 0 Å². The fourth-order valence-electron chi connectivity index (χ4n) is 2.78. The fourth-order valence-corrected chi connectivity index (χ4v) is 7.42. The fraction of sp³-hybridized carbons (Fsp3) is 0.647. The van der Waals surface area contributed by atoms with E-state index in [2.05, 4.69) is 0 Å². The lowest BCUT2D eigenvalue weighted by molar-refractivity contribution is 0.581. The van der Waals surface area contributed by atoms with Crippen molar-refractivity contribution in [2.45, 2.75) is 53.4 Å². The maximum atomic E-state index is 6.67. The summed E-state index contributed by atoms with van der Waals surface area (Å²) in [4.78, 5) is 0. The summed E-state index contributed by atoms with van der Waals surface area (Å²) in [6, 6.07) is 4.26. The van der Waals surface area contributed by atoms with Crippen molar-refractivity contribution in [2.24, 2.45) is 0 Å². The van der Waals surface area contributed by atoms with Gasteiger partial charge in [0.1, 0.15) is 0 Å². The van der Waals surface area contributed by atoms with Crippen LogP contribution < -0.4 is 0 Å². The highest BCUT2D eigenvalue weighted by atomic mass is 35.6. The maximum absolute atomic E-state index is 6.67. The number of benzene rings is 1. The van der Waals surface area contributed by atoms with Crippen molar-refractivity contribution in [2.75, 3.05) is 0 Å². The van der Waals surface area contributed by atoms with E-state index in [1.54, 1.807) is 0 Å². The normalized spacial score (nSPS) is 15.5. The second-order valence-electron chi connectivity index (χ2n) is 7.02. The van der Waals surface area contributed by atoms with Gasteiger partial charge in [0.05, 0.1) is 0 Å². The molecule has 0 spiro atoms. The van der Waals surface area contributed by atoms with Gasteiger partial charge in [-0.2, -0.15) is 0 Å². The largest absolute Gasteiger partial charge is 0.226 e. The van der Waals surface area contributed by atoms with E-state index in [9.17, 15) is 0 Å². The zero-order chi connectivity index (χ0) is 28.3. The predicted octanol–water partition coefficient (Wildman–Crippen LogP) is 13.3. The third kappa shape index (κ3) is 6.68. The van der Waals surface area contributed by atoms with E-state index in [1.165, 1.54) is 18.2 Å². The Morgan fingerprint density at radius 3 is 1.00 bits per heavy atom. The molecule has 0 aliphatic carbocycles. The highest BCUT2D eigenvalue weighted by molar-refractivity contribution is 6.81. The van der Waals surface area contributed by atoms with Crippen LogP contribution >= 0.6 is 209 Å². The first-order chi connectivity index (χ1) is 15.2. The Labute approximate surface area is 293 Å². The lowest BCUT2D eigenvalue weighted by Crippen LogP contribution is -2.56. The van der Waals surface area contributed by atoms with Crippen molar-refractivity contribution < 1.29 is 0 Å².